The molecule has 0 amide bonds. The van der Waals surface area contributed by atoms with Crippen molar-refractivity contribution in [2.75, 3.05) is 26.2 Å². The highest BCUT2D eigenvalue weighted by molar-refractivity contribution is 7.91. The molecule has 12 heteroatoms. The Labute approximate surface area is 153 Å². The number of sulfonamides is 2. The van der Waals surface area contributed by atoms with Gasteiger partial charge in [0, 0.05) is 26.2 Å². The molecule has 9 nitrogen and oxygen atoms in total. The maximum Gasteiger partial charge on any atom is 0.252 e. The fraction of sp³-hybridized carbons (Fsp3) is 0.286. The van der Waals surface area contributed by atoms with E-state index in [4.69, 9.17) is 0 Å². The van der Waals surface area contributed by atoms with Gasteiger partial charge in [-0.1, -0.05) is 12.1 Å². The molecule has 2 aromatic heterocycles. The minimum absolute atomic E-state index is 0.00538. The minimum atomic E-state index is -3.83. The third-order valence-electron chi connectivity index (χ3n) is 4.15. The Balaban J connectivity index is 1.57. The molecule has 26 heavy (non-hydrogen) atoms. The van der Waals surface area contributed by atoms with Crippen molar-refractivity contribution in [2.24, 2.45) is 0 Å². The summed E-state index contributed by atoms with van der Waals surface area (Å²) in [6, 6.07) is 7.83. The summed E-state index contributed by atoms with van der Waals surface area (Å²) in [5, 5.41) is 9.02. The van der Waals surface area contributed by atoms with Gasteiger partial charge in [0.05, 0.1) is 0 Å². The topological polar surface area (TPSA) is 114 Å². The molecule has 0 saturated carbocycles. The monoisotopic (exact) mass is 414 g/mol. The van der Waals surface area contributed by atoms with E-state index in [1.807, 2.05) is 0 Å². The van der Waals surface area contributed by atoms with Gasteiger partial charge < -0.3 is 0 Å². The average Bonchev–Trinajstić information content (AvgIpc) is 3.33. The Bertz CT molecular complexity index is 1130. The highest BCUT2D eigenvalue weighted by atomic mass is 32.2. The SMILES string of the molecule is O=S(=O)(c1cccs1)N1CCN(S(=O)(=O)c2cccc3nonc23)CC1. The molecule has 0 unspecified atom stereocenters. The molecule has 0 N–H and O–H groups in total. The van der Waals surface area contributed by atoms with Crippen LogP contribution in [0.15, 0.2) is 49.4 Å². The molecule has 1 fully saturated rings. The van der Waals surface area contributed by atoms with Gasteiger partial charge in [-0.2, -0.15) is 8.61 Å². The normalized spacial score (nSPS) is 17.7. The van der Waals surface area contributed by atoms with Crippen LogP contribution in [-0.2, 0) is 20.0 Å². The van der Waals surface area contributed by atoms with Crippen LogP contribution < -0.4 is 0 Å². The van der Waals surface area contributed by atoms with Gasteiger partial charge in [-0.15, -0.1) is 11.3 Å². The molecule has 0 atom stereocenters. The van der Waals surface area contributed by atoms with Gasteiger partial charge >= 0.3 is 0 Å². The standard InChI is InChI=1S/C14H14N4O5S3/c19-25(20,12-4-1-3-11-14(12)16-23-15-11)17-6-8-18(9-7-17)26(21,22)13-5-2-10-24-13/h1-5,10H,6-9H2. The van der Waals surface area contributed by atoms with Crippen LogP contribution in [-0.4, -0.2) is 61.9 Å². The summed E-state index contributed by atoms with van der Waals surface area (Å²) in [7, 11) is -7.41. The molecule has 3 heterocycles. The highest BCUT2D eigenvalue weighted by Crippen LogP contribution is 2.26. The number of aromatic nitrogens is 2. The zero-order valence-electron chi connectivity index (χ0n) is 13.3. The first-order valence-corrected chi connectivity index (χ1v) is 11.4. The van der Waals surface area contributed by atoms with Crippen LogP contribution in [0, 0.1) is 0 Å². The van der Waals surface area contributed by atoms with E-state index in [0.717, 1.165) is 11.3 Å². The number of hydrogen-bond donors (Lipinski definition) is 0. The second-order valence-electron chi connectivity index (χ2n) is 5.63. The smallest absolute Gasteiger partial charge is 0.243 e. The van der Waals surface area contributed by atoms with Crippen molar-refractivity contribution < 1.29 is 21.5 Å². The first-order valence-electron chi connectivity index (χ1n) is 7.66. The highest BCUT2D eigenvalue weighted by Gasteiger charge is 2.35. The van der Waals surface area contributed by atoms with E-state index in [-0.39, 0.29) is 40.8 Å². The Morgan fingerprint density at radius 3 is 2.23 bits per heavy atom. The molecule has 0 aliphatic carbocycles. The average molecular weight is 414 g/mol. The van der Waals surface area contributed by atoms with Gasteiger partial charge in [-0.3, -0.25) is 0 Å². The van der Waals surface area contributed by atoms with E-state index in [9.17, 15) is 16.8 Å². The summed E-state index contributed by atoms with van der Waals surface area (Å²) in [5.74, 6) is 0. The van der Waals surface area contributed by atoms with Crippen molar-refractivity contribution in [1.29, 1.82) is 0 Å². The van der Waals surface area contributed by atoms with E-state index in [1.54, 1.807) is 29.6 Å². The molecule has 1 saturated heterocycles. The van der Waals surface area contributed by atoms with Crippen molar-refractivity contribution in [3.63, 3.8) is 0 Å². The summed E-state index contributed by atoms with van der Waals surface area (Å²) in [6.07, 6.45) is 0. The van der Waals surface area contributed by atoms with Crippen LogP contribution in [0.3, 0.4) is 0 Å². The number of nitrogens with zero attached hydrogens (tertiary/aromatic N) is 4. The van der Waals surface area contributed by atoms with Crippen molar-refractivity contribution in [2.45, 2.75) is 9.10 Å². The molecule has 0 radical (unpaired) electrons. The summed E-state index contributed by atoms with van der Waals surface area (Å²) in [6.45, 7) is 0.308. The predicted molar refractivity (Wildman–Crippen MR) is 93.6 cm³/mol. The first-order chi connectivity index (χ1) is 12.4. The number of rotatable bonds is 4. The molecule has 0 bridgehead atoms. The summed E-state index contributed by atoms with van der Waals surface area (Å²) >= 11 is 1.14. The number of fused-ring (bicyclic) bond motifs is 1. The van der Waals surface area contributed by atoms with E-state index < -0.39 is 20.0 Å². The molecule has 1 aromatic carbocycles. The zero-order valence-corrected chi connectivity index (χ0v) is 15.8. The fourth-order valence-corrected chi connectivity index (χ4v) is 6.94. The quantitative estimate of drug-likeness (QED) is 0.625. The largest absolute Gasteiger partial charge is 0.252 e. The van der Waals surface area contributed by atoms with Gasteiger partial charge in [0.1, 0.15) is 14.6 Å². The lowest BCUT2D eigenvalue weighted by molar-refractivity contribution is 0.273. The fourth-order valence-electron chi connectivity index (χ4n) is 2.82. The molecule has 1 aliphatic rings. The number of benzene rings is 1. The van der Waals surface area contributed by atoms with Gasteiger partial charge in [-0.25, -0.2) is 21.5 Å². The molecule has 1 aliphatic heterocycles. The van der Waals surface area contributed by atoms with Crippen molar-refractivity contribution >= 4 is 42.4 Å². The second-order valence-corrected chi connectivity index (χ2v) is 10.6. The van der Waals surface area contributed by atoms with Gasteiger partial charge in [-0.05, 0) is 33.9 Å². The third kappa shape index (κ3) is 2.83. The molecular formula is C14H14N4O5S3. The van der Waals surface area contributed by atoms with E-state index in [1.165, 1.54) is 14.7 Å². The lowest BCUT2D eigenvalue weighted by Gasteiger charge is -2.32. The van der Waals surface area contributed by atoms with E-state index in [0.29, 0.717) is 5.52 Å². The molecular weight excluding hydrogens is 400 g/mol. The van der Waals surface area contributed by atoms with E-state index in [2.05, 4.69) is 14.9 Å². The molecule has 4 rings (SSSR count). The Morgan fingerprint density at radius 2 is 1.58 bits per heavy atom. The summed E-state index contributed by atoms with van der Waals surface area (Å²) in [5.41, 5.74) is 0.520. The number of piperazine rings is 1. The predicted octanol–water partition coefficient (Wildman–Crippen LogP) is 0.980. The molecule has 138 valence electrons. The molecule has 0 spiro atoms. The van der Waals surface area contributed by atoms with Gasteiger partial charge in [0.25, 0.3) is 10.0 Å². The van der Waals surface area contributed by atoms with Crippen LogP contribution in [0.5, 0.6) is 0 Å². The Hall–Kier alpha value is -1.86. The Kier molecular flexibility index (Phi) is 4.31. The lowest BCUT2D eigenvalue weighted by atomic mass is 10.3. The van der Waals surface area contributed by atoms with Crippen LogP contribution in [0.4, 0.5) is 0 Å². The van der Waals surface area contributed by atoms with Crippen LogP contribution in [0.1, 0.15) is 0 Å². The maximum absolute atomic E-state index is 12.9. The van der Waals surface area contributed by atoms with Gasteiger partial charge in [0.15, 0.2) is 5.52 Å². The van der Waals surface area contributed by atoms with Crippen LogP contribution in [0.2, 0.25) is 0 Å². The number of hydrogen-bond acceptors (Lipinski definition) is 8. The van der Waals surface area contributed by atoms with Gasteiger partial charge in [0.2, 0.25) is 10.0 Å². The van der Waals surface area contributed by atoms with Crippen molar-refractivity contribution in [1.82, 2.24) is 18.9 Å². The second kappa shape index (κ2) is 6.39. The maximum atomic E-state index is 12.9. The van der Waals surface area contributed by atoms with Crippen LogP contribution in [0.25, 0.3) is 11.0 Å². The third-order valence-corrected chi connectivity index (χ3v) is 9.36. The van der Waals surface area contributed by atoms with Crippen molar-refractivity contribution in [3.05, 3.63) is 35.7 Å². The van der Waals surface area contributed by atoms with Crippen molar-refractivity contribution in [3.8, 4) is 0 Å². The minimum Gasteiger partial charge on any atom is -0.243 e. The first kappa shape index (κ1) is 17.5. The number of thiophene rings is 1. The Morgan fingerprint density at radius 1 is 0.885 bits per heavy atom. The van der Waals surface area contributed by atoms with E-state index >= 15 is 0 Å². The summed E-state index contributed by atoms with van der Waals surface area (Å²) in [4.78, 5) is 0.00538. The molecule has 3 aromatic rings. The van der Waals surface area contributed by atoms with Crippen LogP contribution >= 0.6 is 11.3 Å². The summed E-state index contributed by atoms with van der Waals surface area (Å²) < 4.78 is 58.4. The lowest BCUT2D eigenvalue weighted by Crippen LogP contribution is -2.50. The zero-order chi connectivity index (χ0) is 18.4.